The lowest BCUT2D eigenvalue weighted by Crippen LogP contribution is -2.40. The maximum atomic E-state index is 14.5. The van der Waals surface area contributed by atoms with Crippen molar-refractivity contribution in [2.75, 3.05) is 27.5 Å². The Balaban J connectivity index is 1.52. The van der Waals surface area contributed by atoms with Crippen LogP contribution in [0.25, 0.3) is 0 Å². The highest BCUT2D eigenvalue weighted by Crippen LogP contribution is 2.36. The second-order valence-electron chi connectivity index (χ2n) is 7.60. The van der Waals surface area contributed by atoms with Crippen molar-refractivity contribution in [1.82, 2.24) is 0 Å². The molecule has 2 aromatic rings. The lowest BCUT2D eigenvalue weighted by molar-refractivity contribution is -0.113. The number of aliphatic imine (C=N–C) groups is 1. The largest absolute Gasteiger partial charge is 0.325 e. The van der Waals surface area contributed by atoms with Crippen molar-refractivity contribution in [3.63, 3.8) is 0 Å². The molecule has 4 rings (SSSR count). The van der Waals surface area contributed by atoms with E-state index in [0.29, 0.717) is 5.17 Å². The van der Waals surface area contributed by atoms with E-state index in [1.165, 1.54) is 17.8 Å². The highest BCUT2D eigenvalue weighted by atomic mass is 32.2. The van der Waals surface area contributed by atoms with Gasteiger partial charge in [0.15, 0.2) is 15.0 Å². The molecule has 0 radical (unpaired) electrons. The second-order valence-corrected chi connectivity index (χ2v) is 10.7. The number of amides is 1. The minimum absolute atomic E-state index is 0.0542. The van der Waals surface area contributed by atoms with Gasteiger partial charge >= 0.3 is 0 Å². The van der Waals surface area contributed by atoms with E-state index in [0.717, 1.165) is 16.8 Å². The zero-order valence-electron chi connectivity index (χ0n) is 16.6. The van der Waals surface area contributed by atoms with Gasteiger partial charge in [-0.1, -0.05) is 36.0 Å². The summed E-state index contributed by atoms with van der Waals surface area (Å²) >= 11 is 1.19. The average molecular weight is 448 g/mol. The Morgan fingerprint density at radius 2 is 2.00 bits per heavy atom. The number of benzene rings is 2. The molecule has 0 aliphatic carbocycles. The molecule has 0 saturated carbocycles. The fourth-order valence-corrected chi connectivity index (χ4v) is 6.51. The number of hydrogen-bond donors (Lipinski definition) is 1. The van der Waals surface area contributed by atoms with Crippen LogP contribution in [0.4, 0.5) is 15.8 Å². The molecule has 2 heterocycles. The van der Waals surface area contributed by atoms with Gasteiger partial charge in [0.25, 0.3) is 0 Å². The molecule has 2 aliphatic heterocycles. The number of para-hydroxylation sites is 1. The van der Waals surface area contributed by atoms with Crippen LogP contribution in [0.2, 0.25) is 0 Å². The van der Waals surface area contributed by atoms with Gasteiger partial charge in [0.2, 0.25) is 5.91 Å². The predicted octanol–water partition coefficient (Wildman–Crippen LogP) is 3.16. The summed E-state index contributed by atoms with van der Waals surface area (Å²) in [5, 5.41) is 3.37. The van der Waals surface area contributed by atoms with Gasteiger partial charge in [-0.15, -0.1) is 0 Å². The highest BCUT2D eigenvalue weighted by Gasteiger charge is 2.47. The van der Waals surface area contributed by atoms with E-state index in [-0.39, 0.29) is 28.9 Å². The number of thioether (sulfide) groups is 1. The number of aryl methyl sites for hydroxylation is 2. The van der Waals surface area contributed by atoms with Gasteiger partial charge in [0.1, 0.15) is 5.82 Å². The van der Waals surface area contributed by atoms with Gasteiger partial charge < -0.3 is 10.2 Å². The molecular weight excluding hydrogens is 425 g/mol. The maximum absolute atomic E-state index is 14.5. The summed E-state index contributed by atoms with van der Waals surface area (Å²) in [5.74, 6) is -0.691. The van der Waals surface area contributed by atoms with E-state index in [4.69, 9.17) is 0 Å². The number of amidine groups is 1. The van der Waals surface area contributed by atoms with Crippen molar-refractivity contribution in [2.45, 2.75) is 25.9 Å². The highest BCUT2D eigenvalue weighted by molar-refractivity contribution is 8.14. The van der Waals surface area contributed by atoms with Crippen molar-refractivity contribution < 1.29 is 17.6 Å². The van der Waals surface area contributed by atoms with Crippen molar-refractivity contribution >= 4 is 44.0 Å². The van der Waals surface area contributed by atoms with Crippen LogP contribution in [0.1, 0.15) is 11.1 Å². The summed E-state index contributed by atoms with van der Waals surface area (Å²) in [7, 11) is -3.22. The molecule has 158 valence electrons. The molecule has 2 aromatic carbocycles. The number of sulfone groups is 1. The first-order valence-electron chi connectivity index (χ1n) is 9.55. The minimum atomic E-state index is -3.22. The Bertz CT molecular complexity index is 1130. The summed E-state index contributed by atoms with van der Waals surface area (Å²) in [6.45, 7) is 3.88. The molecule has 2 aliphatic rings. The predicted molar refractivity (Wildman–Crippen MR) is 120 cm³/mol. The summed E-state index contributed by atoms with van der Waals surface area (Å²) in [6.07, 6.45) is 0. The Labute approximate surface area is 179 Å². The third-order valence-corrected chi connectivity index (χ3v) is 7.88. The third-order valence-electron chi connectivity index (χ3n) is 5.22. The van der Waals surface area contributed by atoms with E-state index >= 15 is 0 Å². The van der Waals surface area contributed by atoms with E-state index in [2.05, 4.69) is 10.3 Å². The van der Waals surface area contributed by atoms with Crippen molar-refractivity contribution in [1.29, 1.82) is 0 Å². The van der Waals surface area contributed by atoms with Crippen molar-refractivity contribution in [2.24, 2.45) is 4.99 Å². The van der Waals surface area contributed by atoms with Crippen LogP contribution in [-0.2, 0) is 14.6 Å². The van der Waals surface area contributed by atoms with E-state index < -0.39 is 27.7 Å². The molecule has 0 bridgehead atoms. The monoisotopic (exact) mass is 447 g/mol. The van der Waals surface area contributed by atoms with Crippen molar-refractivity contribution in [3.8, 4) is 0 Å². The number of carbonyl (C=O) groups is 1. The summed E-state index contributed by atoms with van der Waals surface area (Å²) < 4.78 is 38.7. The quantitative estimate of drug-likeness (QED) is 0.779. The SMILES string of the molecule is Cc1ccc(C)c(NC(=O)CSC2=N[C@@H]3CS(=O)(=O)C[C@H]3N2c2ccccc2F)c1. The molecule has 1 fully saturated rings. The molecule has 1 amide bonds. The van der Waals surface area contributed by atoms with Crippen molar-refractivity contribution in [3.05, 3.63) is 59.4 Å². The van der Waals surface area contributed by atoms with Crippen LogP contribution in [0.15, 0.2) is 47.5 Å². The average Bonchev–Trinajstić information content (AvgIpc) is 3.15. The van der Waals surface area contributed by atoms with E-state index in [1.807, 2.05) is 32.0 Å². The van der Waals surface area contributed by atoms with E-state index in [9.17, 15) is 17.6 Å². The fourth-order valence-electron chi connectivity index (χ4n) is 3.75. The van der Waals surface area contributed by atoms with Crippen LogP contribution in [0.5, 0.6) is 0 Å². The number of carbonyl (C=O) groups excluding carboxylic acids is 1. The van der Waals surface area contributed by atoms with Crippen LogP contribution in [0, 0.1) is 19.7 Å². The van der Waals surface area contributed by atoms with E-state index in [1.54, 1.807) is 23.1 Å². The molecule has 2 atom stereocenters. The molecule has 0 aromatic heterocycles. The van der Waals surface area contributed by atoms with Gasteiger partial charge in [-0.3, -0.25) is 9.79 Å². The Hall–Kier alpha value is -2.39. The first-order valence-corrected chi connectivity index (χ1v) is 12.4. The second kappa shape index (κ2) is 8.03. The van der Waals surface area contributed by atoms with Crippen LogP contribution >= 0.6 is 11.8 Å². The number of rotatable bonds is 4. The smallest absolute Gasteiger partial charge is 0.234 e. The van der Waals surface area contributed by atoms with Gasteiger partial charge in [0.05, 0.1) is 35.0 Å². The summed E-state index contributed by atoms with van der Waals surface area (Å²) in [5.41, 5.74) is 3.04. The number of nitrogens with zero attached hydrogens (tertiary/aromatic N) is 2. The standard InChI is InChI=1S/C21H22FN3O3S2/c1-13-7-8-14(2)16(9-13)23-20(26)10-29-21-24-17-11-30(27,28)12-19(17)25(21)18-6-4-3-5-15(18)22/h3-9,17,19H,10-12H2,1-2H3,(H,23,26)/t17-,19-/m1/s1. The lowest BCUT2D eigenvalue weighted by Gasteiger charge is -2.26. The van der Waals surface area contributed by atoms with Gasteiger partial charge in [-0.25, -0.2) is 12.8 Å². The molecular formula is C21H22FN3O3S2. The Kier molecular flexibility index (Phi) is 5.59. The number of anilines is 2. The topological polar surface area (TPSA) is 78.8 Å². The number of hydrogen-bond acceptors (Lipinski definition) is 6. The Morgan fingerprint density at radius 3 is 2.77 bits per heavy atom. The number of halogens is 1. The molecule has 1 saturated heterocycles. The van der Waals surface area contributed by atoms with Crippen LogP contribution < -0.4 is 10.2 Å². The van der Waals surface area contributed by atoms with Gasteiger partial charge in [-0.2, -0.15) is 0 Å². The molecule has 6 nitrogen and oxygen atoms in total. The Morgan fingerprint density at radius 1 is 1.23 bits per heavy atom. The molecule has 30 heavy (non-hydrogen) atoms. The fraction of sp³-hybridized carbons (Fsp3) is 0.333. The number of nitrogens with one attached hydrogen (secondary N) is 1. The first kappa shape index (κ1) is 20.9. The minimum Gasteiger partial charge on any atom is -0.325 e. The zero-order chi connectivity index (χ0) is 21.5. The third kappa shape index (κ3) is 4.22. The van der Waals surface area contributed by atoms with Gasteiger partial charge in [0, 0.05) is 5.69 Å². The maximum Gasteiger partial charge on any atom is 0.234 e. The number of fused-ring (bicyclic) bond motifs is 1. The summed E-state index contributed by atoms with van der Waals surface area (Å²) in [6, 6.07) is 11.2. The summed E-state index contributed by atoms with van der Waals surface area (Å²) in [4.78, 5) is 18.7. The zero-order valence-corrected chi connectivity index (χ0v) is 18.3. The van der Waals surface area contributed by atoms with Gasteiger partial charge in [-0.05, 0) is 43.2 Å². The van der Waals surface area contributed by atoms with Crippen LogP contribution in [-0.4, -0.2) is 48.8 Å². The molecule has 0 spiro atoms. The normalized spacial score (nSPS) is 22.0. The molecule has 9 heteroatoms. The molecule has 0 unspecified atom stereocenters. The molecule has 1 N–H and O–H groups in total. The lowest BCUT2D eigenvalue weighted by atomic mass is 10.1. The first-order chi connectivity index (χ1) is 14.2. The van der Waals surface area contributed by atoms with Crippen LogP contribution in [0.3, 0.4) is 0 Å².